The smallest absolute Gasteiger partial charge is 0.245 e. The summed E-state index contributed by atoms with van der Waals surface area (Å²) in [4.78, 5) is 15.8. The van der Waals surface area contributed by atoms with E-state index in [1.54, 1.807) is 12.1 Å². The molecule has 1 aromatic carbocycles. The molecule has 0 aliphatic rings. The Balaban J connectivity index is 1.91. The molecule has 0 spiro atoms. The van der Waals surface area contributed by atoms with Crippen molar-refractivity contribution in [3.63, 3.8) is 0 Å². The van der Waals surface area contributed by atoms with Gasteiger partial charge in [0.25, 0.3) is 0 Å². The molecule has 9 nitrogen and oxygen atoms in total. The van der Waals surface area contributed by atoms with Gasteiger partial charge in [0.2, 0.25) is 21.9 Å². The number of hydrogen-bond acceptors (Lipinski definition) is 7. The maximum absolute atomic E-state index is 11.3. The molecule has 0 saturated carbocycles. The minimum absolute atomic E-state index is 0.0108. The Morgan fingerprint density at radius 3 is 2.64 bits per heavy atom. The molecule has 2 heterocycles. The number of fused-ring (bicyclic) bond motifs is 1. The molecule has 0 amide bonds. The summed E-state index contributed by atoms with van der Waals surface area (Å²) in [5, 5.41) is 8.09. The Hall–Kier alpha value is -2.72. The highest BCUT2D eigenvalue weighted by Crippen LogP contribution is 2.24. The molecule has 0 saturated heterocycles. The van der Waals surface area contributed by atoms with Crippen LogP contribution in [0.1, 0.15) is 20.3 Å². The van der Waals surface area contributed by atoms with E-state index >= 15 is 0 Å². The van der Waals surface area contributed by atoms with E-state index < -0.39 is 10.0 Å². The van der Waals surface area contributed by atoms with Crippen molar-refractivity contribution < 1.29 is 13.2 Å². The van der Waals surface area contributed by atoms with Crippen molar-refractivity contribution in [1.82, 2.24) is 19.9 Å². The lowest BCUT2D eigenvalue weighted by Crippen LogP contribution is -2.12. The lowest BCUT2D eigenvalue weighted by Gasteiger charge is -2.13. The predicted octanol–water partition coefficient (Wildman–Crippen LogP) is 1.92. The van der Waals surface area contributed by atoms with Gasteiger partial charge in [0, 0.05) is 5.69 Å². The number of anilines is 2. The molecule has 1 atom stereocenters. The van der Waals surface area contributed by atoms with Crippen LogP contribution in [0.2, 0.25) is 0 Å². The summed E-state index contributed by atoms with van der Waals surface area (Å²) in [7, 11) is -3.73. The van der Waals surface area contributed by atoms with E-state index in [0.717, 1.165) is 6.42 Å². The van der Waals surface area contributed by atoms with Crippen molar-refractivity contribution in [1.29, 1.82) is 0 Å². The number of ether oxygens (including phenoxy) is 1. The summed E-state index contributed by atoms with van der Waals surface area (Å²) < 4.78 is 28.4. The largest absolute Gasteiger partial charge is 0.473 e. The van der Waals surface area contributed by atoms with Gasteiger partial charge in [0.15, 0.2) is 5.65 Å². The summed E-state index contributed by atoms with van der Waals surface area (Å²) in [6, 6.07) is 5.96. The molecule has 0 aliphatic heterocycles. The van der Waals surface area contributed by atoms with Crippen LogP contribution in [0, 0.1) is 0 Å². The van der Waals surface area contributed by atoms with Crippen LogP contribution >= 0.6 is 0 Å². The number of aromatic amines is 1. The first-order chi connectivity index (χ1) is 11.9. The van der Waals surface area contributed by atoms with E-state index in [1.165, 1.54) is 18.5 Å². The highest BCUT2D eigenvalue weighted by Gasteiger charge is 2.14. The first kappa shape index (κ1) is 17.1. The highest BCUT2D eigenvalue weighted by atomic mass is 32.2. The lowest BCUT2D eigenvalue weighted by atomic mass is 10.3. The minimum atomic E-state index is -3.73. The van der Waals surface area contributed by atoms with Crippen molar-refractivity contribution >= 4 is 32.8 Å². The maximum Gasteiger partial charge on any atom is 0.245 e. The molecular formula is C15H18N6O3S. The number of imidazole rings is 1. The molecule has 10 heteroatoms. The van der Waals surface area contributed by atoms with Crippen molar-refractivity contribution in [3.05, 3.63) is 30.6 Å². The topological polar surface area (TPSA) is 136 Å². The van der Waals surface area contributed by atoms with Crippen LogP contribution in [0.25, 0.3) is 11.2 Å². The van der Waals surface area contributed by atoms with Crippen molar-refractivity contribution in [2.24, 2.45) is 5.14 Å². The molecule has 0 fully saturated rings. The minimum Gasteiger partial charge on any atom is -0.473 e. The SMILES string of the molecule is CCC(C)Oc1nc(Nc2ccc(S(N)(=O)=O)cc2)nc2nc[nH]c12. The van der Waals surface area contributed by atoms with Gasteiger partial charge in [-0.25, -0.2) is 18.5 Å². The summed E-state index contributed by atoms with van der Waals surface area (Å²) in [5.74, 6) is 0.696. The van der Waals surface area contributed by atoms with E-state index in [-0.39, 0.29) is 11.0 Å². The average molecular weight is 362 g/mol. The third-order valence-electron chi connectivity index (χ3n) is 3.58. The number of benzene rings is 1. The van der Waals surface area contributed by atoms with Gasteiger partial charge in [-0.2, -0.15) is 9.97 Å². The number of nitrogens with one attached hydrogen (secondary N) is 2. The quantitative estimate of drug-likeness (QED) is 0.609. The Morgan fingerprint density at radius 2 is 2.00 bits per heavy atom. The zero-order valence-corrected chi connectivity index (χ0v) is 14.5. The average Bonchev–Trinajstić information content (AvgIpc) is 3.03. The van der Waals surface area contributed by atoms with Crippen molar-refractivity contribution in [3.8, 4) is 5.88 Å². The van der Waals surface area contributed by atoms with Gasteiger partial charge in [-0.3, -0.25) is 0 Å². The zero-order valence-electron chi connectivity index (χ0n) is 13.7. The Labute approximate surface area is 144 Å². The number of H-pyrrole nitrogens is 1. The molecule has 4 N–H and O–H groups in total. The van der Waals surface area contributed by atoms with Gasteiger partial charge in [-0.15, -0.1) is 0 Å². The summed E-state index contributed by atoms with van der Waals surface area (Å²) in [6.07, 6.45) is 2.34. The standard InChI is InChI=1S/C15H18N6O3S/c1-3-9(2)24-14-12-13(18-8-17-12)20-15(21-14)19-10-4-6-11(7-5-10)25(16,22)23/h4-9H,3H2,1-2H3,(H2,16,22,23)(H2,17,18,19,20,21). The predicted molar refractivity (Wildman–Crippen MR) is 93.2 cm³/mol. The van der Waals surface area contributed by atoms with E-state index in [0.29, 0.717) is 28.7 Å². The molecule has 1 unspecified atom stereocenters. The summed E-state index contributed by atoms with van der Waals surface area (Å²) >= 11 is 0. The normalized spacial score (nSPS) is 12.9. The second-order valence-corrected chi connectivity index (χ2v) is 7.05. The molecular weight excluding hydrogens is 344 g/mol. The monoisotopic (exact) mass is 362 g/mol. The zero-order chi connectivity index (χ0) is 18.0. The van der Waals surface area contributed by atoms with Crippen LogP contribution in [0.3, 0.4) is 0 Å². The number of rotatable bonds is 6. The molecule has 3 aromatic rings. The second-order valence-electron chi connectivity index (χ2n) is 5.48. The third-order valence-corrected chi connectivity index (χ3v) is 4.51. The highest BCUT2D eigenvalue weighted by molar-refractivity contribution is 7.89. The number of nitrogens with zero attached hydrogens (tertiary/aromatic N) is 3. The van der Waals surface area contributed by atoms with E-state index in [9.17, 15) is 8.42 Å². The fourth-order valence-corrected chi connectivity index (χ4v) is 2.59. The molecule has 2 aromatic heterocycles. The maximum atomic E-state index is 11.3. The fourth-order valence-electron chi connectivity index (χ4n) is 2.08. The van der Waals surface area contributed by atoms with Crippen LogP contribution in [-0.2, 0) is 10.0 Å². The molecule has 0 radical (unpaired) electrons. The summed E-state index contributed by atoms with van der Waals surface area (Å²) in [5.41, 5.74) is 1.70. The van der Waals surface area contributed by atoms with Crippen LogP contribution in [0.5, 0.6) is 5.88 Å². The number of hydrogen-bond donors (Lipinski definition) is 3. The van der Waals surface area contributed by atoms with Crippen molar-refractivity contribution in [2.45, 2.75) is 31.3 Å². The Morgan fingerprint density at radius 1 is 1.28 bits per heavy atom. The van der Waals surface area contributed by atoms with Crippen LogP contribution in [0.15, 0.2) is 35.5 Å². The van der Waals surface area contributed by atoms with Gasteiger partial charge in [-0.1, -0.05) is 6.92 Å². The number of sulfonamides is 1. The van der Waals surface area contributed by atoms with E-state index in [1.807, 2.05) is 13.8 Å². The van der Waals surface area contributed by atoms with Crippen LogP contribution < -0.4 is 15.2 Å². The van der Waals surface area contributed by atoms with E-state index in [4.69, 9.17) is 9.88 Å². The Bertz CT molecular complexity index is 984. The molecule has 132 valence electrons. The van der Waals surface area contributed by atoms with E-state index in [2.05, 4.69) is 25.3 Å². The van der Waals surface area contributed by atoms with Crippen molar-refractivity contribution in [2.75, 3.05) is 5.32 Å². The molecule has 0 bridgehead atoms. The molecule has 25 heavy (non-hydrogen) atoms. The van der Waals surface area contributed by atoms with Gasteiger partial charge < -0.3 is 15.0 Å². The summed E-state index contributed by atoms with van der Waals surface area (Å²) in [6.45, 7) is 3.96. The third kappa shape index (κ3) is 3.86. The number of nitrogens with two attached hydrogens (primary N) is 1. The first-order valence-electron chi connectivity index (χ1n) is 7.64. The number of aromatic nitrogens is 4. The lowest BCUT2D eigenvalue weighted by molar-refractivity contribution is 0.211. The van der Waals surface area contributed by atoms with Crippen LogP contribution in [0.4, 0.5) is 11.6 Å². The Kier molecular flexibility index (Phi) is 4.55. The number of primary sulfonamides is 1. The van der Waals surface area contributed by atoms with Crippen LogP contribution in [-0.4, -0.2) is 34.5 Å². The molecule has 3 rings (SSSR count). The first-order valence-corrected chi connectivity index (χ1v) is 9.19. The van der Waals surface area contributed by atoms with Gasteiger partial charge in [0.1, 0.15) is 5.52 Å². The fraction of sp³-hybridized carbons (Fsp3) is 0.267. The van der Waals surface area contributed by atoms with Gasteiger partial charge >= 0.3 is 0 Å². The van der Waals surface area contributed by atoms with Gasteiger partial charge in [-0.05, 0) is 37.6 Å². The second kappa shape index (κ2) is 6.65. The van der Waals surface area contributed by atoms with Gasteiger partial charge in [0.05, 0.1) is 17.3 Å². The molecule has 0 aliphatic carbocycles.